The number of benzene rings is 3. The molecule has 0 atom stereocenters. The molecular formula is C31H31FN4O2S. The Balaban J connectivity index is 1.34. The van der Waals surface area contributed by atoms with E-state index in [4.69, 9.17) is 14.5 Å². The molecule has 0 aliphatic rings. The molecule has 0 amide bonds. The fourth-order valence-corrected chi connectivity index (χ4v) is 5.33. The van der Waals surface area contributed by atoms with Gasteiger partial charge in [0.1, 0.15) is 23.1 Å². The van der Waals surface area contributed by atoms with Crippen LogP contribution >= 0.6 is 11.8 Å². The number of nitrogens with zero attached hydrogens (tertiary/aromatic N) is 4. The molecule has 0 saturated carbocycles. The molecule has 5 rings (SSSR count). The highest BCUT2D eigenvalue weighted by molar-refractivity contribution is 7.99. The van der Waals surface area contributed by atoms with Crippen molar-refractivity contribution >= 4 is 11.8 Å². The van der Waals surface area contributed by atoms with Gasteiger partial charge in [0.05, 0.1) is 25.6 Å². The van der Waals surface area contributed by atoms with E-state index in [-0.39, 0.29) is 11.2 Å². The van der Waals surface area contributed by atoms with Crippen LogP contribution in [0, 0.1) is 12.7 Å². The highest BCUT2D eigenvalue weighted by Gasteiger charge is 2.30. The van der Waals surface area contributed by atoms with Gasteiger partial charge in [-0.25, -0.2) is 14.4 Å². The van der Waals surface area contributed by atoms with E-state index in [0.29, 0.717) is 12.4 Å². The van der Waals surface area contributed by atoms with Crippen LogP contribution in [0.3, 0.4) is 0 Å². The Morgan fingerprint density at radius 2 is 1.67 bits per heavy atom. The van der Waals surface area contributed by atoms with E-state index in [9.17, 15) is 4.39 Å². The Hall–Kier alpha value is -4.04. The van der Waals surface area contributed by atoms with Crippen LogP contribution in [0.1, 0.15) is 30.9 Å². The molecule has 2 heterocycles. The first kappa shape index (κ1) is 26.6. The summed E-state index contributed by atoms with van der Waals surface area (Å²) in [7, 11) is 1.67. The summed E-state index contributed by atoms with van der Waals surface area (Å²) < 4.78 is 29.4. The standard InChI is InChI=1S/C31H31FN4O2S/c1-22-33-16-17-35(22)25-12-14-27(15-13-25)38-18-19-39-30-34-21-29(36(30)26-10-8-24(32)9-11-26)31(2,3)23-6-5-7-28(20-23)37-4/h5-17,20-21H,18-19H2,1-4H3. The molecule has 0 fully saturated rings. The molecule has 0 N–H and O–H groups in total. The van der Waals surface area contributed by atoms with Crippen LogP contribution in [0.4, 0.5) is 4.39 Å². The SMILES string of the molecule is COc1cccc(C(C)(C)c2cnc(SCCOc3ccc(-n4ccnc4C)cc3)n2-c2ccc(F)cc2)c1. The van der Waals surface area contributed by atoms with Gasteiger partial charge in [0.15, 0.2) is 5.16 Å². The Bertz CT molecular complexity index is 1540. The van der Waals surface area contributed by atoms with Crippen molar-refractivity contribution in [2.75, 3.05) is 19.5 Å². The van der Waals surface area contributed by atoms with Crippen molar-refractivity contribution < 1.29 is 13.9 Å². The molecule has 0 unspecified atom stereocenters. The lowest BCUT2D eigenvalue weighted by Crippen LogP contribution is -2.23. The van der Waals surface area contributed by atoms with Gasteiger partial charge >= 0.3 is 0 Å². The lowest BCUT2D eigenvalue weighted by Gasteiger charge is -2.27. The largest absolute Gasteiger partial charge is 0.497 e. The summed E-state index contributed by atoms with van der Waals surface area (Å²) in [6.45, 7) is 6.80. The summed E-state index contributed by atoms with van der Waals surface area (Å²) in [6, 6.07) is 22.5. The maximum Gasteiger partial charge on any atom is 0.172 e. The normalized spacial score (nSPS) is 11.5. The average molecular weight is 543 g/mol. The quantitative estimate of drug-likeness (QED) is 0.140. The molecule has 0 saturated heterocycles. The van der Waals surface area contributed by atoms with Crippen molar-refractivity contribution in [3.63, 3.8) is 0 Å². The van der Waals surface area contributed by atoms with E-state index < -0.39 is 0 Å². The monoisotopic (exact) mass is 542 g/mol. The lowest BCUT2D eigenvalue weighted by molar-refractivity contribution is 0.344. The Morgan fingerprint density at radius 1 is 0.923 bits per heavy atom. The van der Waals surface area contributed by atoms with Crippen molar-refractivity contribution in [1.29, 1.82) is 0 Å². The molecule has 0 radical (unpaired) electrons. The molecule has 0 aliphatic carbocycles. The van der Waals surface area contributed by atoms with Gasteiger partial charge in [-0.3, -0.25) is 4.57 Å². The number of methoxy groups -OCH3 is 1. The fraction of sp³-hybridized carbons (Fsp3) is 0.226. The van der Waals surface area contributed by atoms with Gasteiger partial charge in [-0.05, 0) is 73.2 Å². The number of halogens is 1. The summed E-state index contributed by atoms with van der Waals surface area (Å²) in [5, 5.41) is 0.821. The Kier molecular flexibility index (Phi) is 7.74. The predicted molar refractivity (Wildman–Crippen MR) is 153 cm³/mol. The van der Waals surface area contributed by atoms with Crippen molar-refractivity contribution in [3.8, 4) is 22.9 Å². The van der Waals surface area contributed by atoms with E-state index in [1.165, 1.54) is 12.1 Å². The molecule has 5 aromatic rings. The number of rotatable bonds is 10. The topological polar surface area (TPSA) is 54.1 Å². The second-order valence-corrected chi connectivity index (χ2v) is 10.7. The average Bonchev–Trinajstić information content (AvgIpc) is 3.58. The van der Waals surface area contributed by atoms with Gasteiger partial charge in [0.2, 0.25) is 0 Å². The van der Waals surface area contributed by atoms with E-state index >= 15 is 0 Å². The Morgan fingerprint density at radius 3 is 2.36 bits per heavy atom. The zero-order valence-electron chi connectivity index (χ0n) is 22.5. The van der Waals surface area contributed by atoms with Gasteiger partial charge in [0, 0.05) is 34.9 Å². The number of ether oxygens (including phenoxy) is 2. The van der Waals surface area contributed by atoms with E-state index in [0.717, 1.165) is 45.1 Å². The zero-order valence-corrected chi connectivity index (χ0v) is 23.3. The smallest absolute Gasteiger partial charge is 0.172 e. The Labute approximate surface area is 232 Å². The second kappa shape index (κ2) is 11.4. The number of hydrogen-bond acceptors (Lipinski definition) is 5. The van der Waals surface area contributed by atoms with Crippen molar-refractivity contribution in [1.82, 2.24) is 19.1 Å². The first-order chi connectivity index (χ1) is 18.9. The number of hydrogen-bond donors (Lipinski definition) is 0. The first-order valence-corrected chi connectivity index (χ1v) is 13.7. The minimum absolute atomic E-state index is 0.274. The second-order valence-electron chi connectivity index (χ2n) is 9.63. The molecule has 2 aromatic heterocycles. The third kappa shape index (κ3) is 5.71. The van der Waals surface area contributed by atoms with E-state index in [2.05, 4.69) is 29.5 Å². The summed E-state index contributed by atoms with van der Waals surface area (Å²) in [4.78, 5) is 9.06. The van der Waals surface area contributed by atoms with Crippen LogP contribution in [0.2, 0.25) is 0 Å². The third-order valence-corrected chi connectivity index (χ3v) is 7.69. The fourth-order valence-electron chi connectivity index (χ4n) is 4.52. The van der Waals surface area contributed by atoms with Crippen LogP contribution in [0.25, 0.3) is 11.4 Å². The predicted octanol–water partition coefficient (Wildman–Crippen LogP) is 7.01. The highest BCUT2D eigenvalue weighted by atomic mass is 32.2. The molecule has 0 spiro atoms. The van der Waals surface area contributed by atoms with Crippen LogP contribution in [-0.4, -0.2) is 38.6 Å². The van der Waals surface area contributed by atoms with E-state index in [1.807, 2.05) is 66.3 Å². The van der Waals surface area contributed by atoms with Crippen molar-refractivity contribution in [3.05, 3.63) is 114 Å². The van der Waals surface area contributed by atoms with Crippen LogP contribution in [0.15, 0.2) is 96.5 Å². The molecule has 200 valence electrons. The first-order valence-electron chi connectivity index (χ1n) is 12.7. The minimum Gasteiger partial charge on any atom is -0.497 e. The zero-order chi connectivity index (χ0) is 27.4. The van der Waals surface area contributed by atoms with Crippen molar-refractivity contribution in [2.24, 2.45) is 0 Å². The molecule has 3 aromatic carbocycles. The maximum atomic E-state index is 13.8. The number of imidazole rings is 2. The van der Waals surface area contributed by atoms with E-state index in [1.54, 1.807) is 37.2 Å². The summed E-state index contributed by atoms with van der Waals surface area (Å²) in [5.74, 6) is 2.96. The minimum atomic E-state index is -0.388. The lowest BCUT2D eigenvalue weighted by atomic mass is 9.81. The molecule has 6 nitrogen and oxygen atoms in total. The van der Waals surface area contributed by atoms with Crippen LogP contribution < -0.4 is 9.47 Å². The van der Waals surface area contributed by atoms with Crippen LogP contribution in [0.5, 0.6) is 11.5 Å². The van der Waals surface area contributed by atoms with Crippen molar-refractivity contribution in [2.45, 2.75) is 31.3 Å². The molecule has 0 bridgehead atoms. The van der Waals surface area contributed by atoms with Crippen LogP contribution in [-0.2, 0) is 5.41 Å². The summed E-state index contributed by atoms with van der Waals surface area (Å²) >= 11 is 1.60. The third-order valence-electron chi connectivity index (χ3n) is 6.77. The van der Waals surface area contributed by atoms with Gasteiger partial charge in [-0.1, -0.05) is 37.7 Å². The number of aromatic nitrogens is 4. The van der Waals surface area contributed by atoms with Gasteiger partial charge in [-0.2, -0.15) is 0 Å². The van der Waals surface area contributed by atoms with Gasteiger partial charge in [0.25, 0.3) is 0 Å². The highest BCUT2D eigenvalue weighted by Crippen LogP contribution is 2.37. The maximum absolute atomic E-state index is 13.8. The molecule has 0 aliphatic heterocycles. The molecule has 39 heavy (non-hydrogen) atoms. The number of aryl methyl sites for hydroxylation is 1. The molecular weight excluding hydrogens is 511 g/mol. The van der Waals surface area contributed by atoms with Gasteiger partial charge in [-0.15, -0.1) is 0 Å². The number of thioether (sulfide) groups is 1. The molecule has 8 heteroatoms. The summed E-state index contributed by atoms with van der Waals surface area (Å²) in [6.07, 6.45) is 5.63. The van der Waals surface area contributed by atoms with Gasteiger partial charge < -0.3 is 14.0 Å². The summed E-state index contributed by atoms with van der Waals surface area (Å²) in [5.41, 5.74) is 3.60.